The van der Waals surface area contributed by atoms with E-state index >= 15 is 0 Å². The summed E-state index contributed by atoms with van der Waals surface area (Å²) in [4.78, 5) is 37.6. The fourth-order valence-corrected chi connectivity index (χ4v) is 9.06. The molecule has 0 aliphatic heterocycles. The first-order valence-electron chi connectivity index (χ1n) is 28.5. The number of allylic oxidation sites excluding steroid dienone is 4. The van der Waals surface area contributed by atoms with Gasteiger partial charge in [-0.05, 0) is 142 Å². The van der Waals surface area contributed by atoms with Crippen LogP contribution in [-0.2, 0) is 19.4 Å². The first kappa shape index (κ1) is 62.5. The second-order valence-electron chi connectivity index (χ2n) is 19.7. The van der Waals surface area contributed by atoms with E-state index in [1.165, 1.54) is 161 Å². The highest BCUT2D eigenvalue weighted by Gasteiger charge is 2.25. The molecule has 64 heavy (non-hydrogen) atoms. The van der Waals surface area contributed by atoms with E-state index in [1.54, 1.807) is 0 Å². The maximum absolute atomic E-state index is 12.5. The molecule has 6 nitrogen and oxygen atoms in total. The Morgan fingerprint density at radius 3 is 1.20 bits per heavy atom. The van der Waals surface area contributed by atoms with E-state index in [1.807, 2.05) is 0 Å². The predicted molar refractivity (Wildman–Crippen MR) is 278 cm³/mol. The summed E-state index contributed by atoms with van der Waals surface area (Å²) in [6.45, 7) is 12.9. The van der Waals surface area contributed by atoms with Crippen molar-refractivity contribution in [3.8, 4) is 0 Å². The van der Waals surface area contributed by atoms with E-state index in [2.05, 4.69) is 56.9 Å². The van der Waals surface area contributed by atoms with Gasteiger partial charge in [0.15, 0.2) is 0 Å². The summed E-state index contributed by atoms with van der Waals surface area (Å²) in [6, 6.07) is 0. The number of ketones is 1. The molecule has 0 radical (unpaired) electrons. The molecule has 1 atom stereocenters. The van der Waals surface area contributed by atoms with Crippen molar-refractivity contribution in [1.82, 2.24) is 4.90 Å². The third-order valence-corrected chi connectivity index (χ3v) is 13.2. The lowest BCUT2D eigenvalue weighted by molar-refractivity contribution is -0.272. The van der Waals surface area contributed by atoms with E-state index in [4.69, 9.17) is 9.78 Å². The number of rotatable bonds is 53. The van der Waals surface area contributed by atoms with Gasteiger partial charge in [0.05, 0.1) is 12.2 Å². The Balaban J connectivity index is 4.16. The van der Waals surface area contributed by atoms with Crippen molar-refractivity contribution >= 4 is 11.8 Å². The molecule has 0 spiro atoms. The Kier molecular flexibility index (Phi) is 49.7. The first-order chi connectivity index (χ1) is 31.4. The summed E-state index contributed by atoms with van der Waals surface area (Å²) in [6.07, 6.45) is 58.2. The van der Waals surface area contributed by atoms with E-state index in [-0.39, 0.29) is 5.97 Å². The van der Waals surface area contributed by atoms with Crippen LogP contribution >= 0.6 is 0 Å². The Morgan fingerprint density at radius 2 is 0.766 bits per heavy atom. The molecule has 0 saturated carbocycles. The second kappa shape index (κ2) is 50.9. The Hall–Kier alpha value is -1.50. The largest absolute Gasteiger partial charge is 0.390 e. The zero-order valence-electron chi connectivity index (χ0n) is 43.6. The Morgan fingerprint density at radius 1 is 0.406 bits per heavy atom. The fourth-order valence-electron chi connectivity index (χ4n) is 9.06. The third-order valence-electron chi connectivity index (χ3n) is 13.2. The van der Waals surface area contributed by atoms with Crippen molar-refractivity contribution in [2.75, 3.05) is 26.2 Å². The molecular weight excluding hydrogens is 791 g/mol. The van der Waals surface area contributed by atoms with E-state index in [9.17, 15) is 14.7 Å². The quantitative estimate of drug-likeness (QED) is 0.0284. The number of hydrogen-bond donors (Lipinski definition) is 1. The SMILES string of the molecule is CCCCCCCC/C=C\CCCCCCCC(=O)CCCCCCC(O)(CCCCCOOC(=O)CCCCCCC/C=C\CCCCCCCC)CCCCN(CCC)CCC. The van der Waals surface area contributed by atoms with Crippen LogP contribution < -0.4 is 0 Å². The summed E-state index contributed by atoms with van der Waals surface area (Å²) < 4.78 is 0. The van der Waals surface area contributed by atoms with Crippen molar-refractivity contribution in [3.05, 3.63) is 24.3 Å². The highest BCUT2D eigenvalue weighted by atomic mass is 17.2. The van der Waals surface area contributed by atoms with Gasteiger partial charge in [0, 0.05) is 19.3 Å². The van der Waals surface area contributed by atoms with Gasteiger partial charge in [0.25, 0.3) is 0 Å². The molecule has 1 N–H and O–H groups in total. The van der Waals surface area contributed by atoms with Crippen molar-refractivity contribution in [1.29, 1.82) is 0 Å². The third kappa shape index (κ3) is 47.0. The summed E-state index contributed by atoms with van der Waals surface area (Å²) in [5, 5.41) is 11.8. The van der Waals surface area contributed by atoms with Gasteiger partial charge in [-0.2, -0.15) is 4.89 Å². The van der Waals surface area contributed by atoms with Crippen LogP contribution in [-0.4, -0.2) is 53.6 Å². The number of hydrogen-bond acceptors (Lipinski definition) is 6. The molecular formula is C58H111NO5. The smallest absolute Gasteiger partial charge is 0.342 e. The molecule has 0 aliphatic rings. The lowest BCUT2D eigenvalue weighted by Crippen LogP contribution is -2.30. The molecule has 0 amide bonds. The molecule has 0 aromatic heterocycles. The van der Waals surface area contributed by atoms with Crippen LogP contribution in [0.15, 0.2) is 24.3 Å². The van der Waals surface area contributed by atoms with Crippen molar-refractivity contribution in [3.63, 3.8) is 0 Å². The average Bonchev–Trinajstić information content (AvgIpc) is 3.28. The zero-order chi connectivity index (χ0) is 46.7. The number of carbonyl (C=O) groups is 2. The minimum Gasteiger partial charge on any atom is -0.390 e. The summed E-state index contributed by atoms with van der Waals surface area (Å²) in [5.74, 6) is 0.178. The van der Waals surface area contributed by atoms with E-state index in [0.717, 1.165) is 129 Å². The number of aliphatic hydroxyl groups is 1. The number of unbranched alkanes of at least 4 members (excludes halogenated alkanes) is 28. The van der Waals surface area contributed by atoms with Gasteiger partial charge in [-0.25, -0.2) is 4.79 Å². The molecule has 0 aliphatic carbocycles. The van der Waals surface area contributed by atoms with Gasteiger partial charge in [0.2, 0.25) is 0 Å². The lowest BCUT2D eigenvalue weighted by Gasteiger charge is -2.29. The van der Waals surface area contributed by atoms with Gasteiger partial charge in [0.1, 0.15) is 5.78 Å². The Labute approximate surface area is 399 Å². The van der Waals surface area contributed by atoms with Crippen LogP contribution in [0.25, 0.3) is 0 Å². The minimum atomic E-state index is -0.628. The fraction of sp³-hybridized carbons (Fsp3) is 0.897. The second-order valence-corrected chi connectivity index (χ2v) is 19.7. The molecule has 378 valence electrons. The molecule has 0 fully saturated rings. The molecule has 6 heteroatoms. The predicted octanol–water partition coefficient (Wildman–Crippen LogP) is 18.0. The van der Waals surface area contributed by atoms with Gasteiger partial charge < -0.3 is 10.0 Å². The van der Waals surface area contributed by atoms with E-state index in [0.29, 0.717) is 18.8 Å². The van der Waals surface area contributed by atoms with Crippen molar-refractivity contribution in [2.45, 2.75) is 309 Å². The standard InChI is InChI=1S/C58H111NO5/c1-5-9-11-13-15-17-19-21-23-25-27-29-31-33-38-46-56(60)47-39-35-36-41-49-58(62,51-43-44-54-59(52-7-3)53-8-4)50-42-37-45-55-63-64-57(61)48-40-34-32-30-28-26-24-22-20-18-16-14-12-10-6-2/h21-24,62H,5-20,25-55H2,1-4H3/b23-21-,24-22-. The van der Waals surface area contributed by atoms with Crippen molar-refractivity contribution in [2.24, 2.45) is 0 Å². The first-order valence-corrected chi connectivity index (χ1v) is 28.5. The maximum Gasteiger partial charge on any atom is 0.342 e. The van der Waals surface area contributed by atoms with Crippen LogP contribution in [0.3, 0.4) is 0 Å². The van der Waals surface area contributed by atoms with Crippen LogP contribution in [0, 0.1) is 0 Å². The molecule has 0 aromatic carbocycles. The van der Waals surface area contributed by atoms with Crippen LogP contribution in [0.5, 0.6) is 0 Å². The lowest BCUT2D eigenvalue weighted by atomic mass is 9.85. The summed E-state index contributed by atoms with van der Waals surface area (Å²) in [7, 11) is 0. The number of carbonyl (C=O) groups excluding carboxylic acids is 2. The topological polar surface area (TPSA) is 76.1 Å². The molecule has 0 bridgehead atoms. The molecule has 0 aromatic rings. The van der Waals surface area contributed by atoms with Gasteiger partial charge >= 0.3 is 5.97 Å². The summed E-state index contributed by atoms with van der Waals surface area (Å²) in [5.41, 5.74) is -0.628. The Bertz CT molecular complexity index is 1020. The number of Topliss-reactive ketones (excluding diaryl/α,β-unsaturated/α-hetero) is 1. The average molecular weight is 903 g/mol. The number of nitrogens with zero attached hydrogens (tertiary/aromatic N) is 1. The summed E-state index contributed by atoms with van der Waals surface area (Å²) >= 11 is 0. The van der Waals surface area contributed by atoms with Crippen LogP contribution in [0.2, 0.25) is 0 Å². The van der Waals surface area contributed by atoms with Crippen LogP contribution in [0.1, 0.15) is 304 Å². The van der Waals surface area contributed by atoms with Crippen molar-refractivity contribution < 1.29 is 24.5 Å². The molecule has 0 rings (SSSR count). The van der Waals surface area contributed by atoms with Gasteiger partial charge in [-0.3, -0.25) is 9.68 Å². The normalized spacial score (nSPS) is 12.9. The zero-order valence-corrected chi connectivity index (χ0v) is 43.6. The highest BCUT2D eigenvalue weighted by Crippen LogP contribution is 2.29. The molecule has 1 unspecified atom stereocenters. The van der Waals surface area contributed by atoms with Gasteiger partial charge in [-0.1, -0.05) is 187 Å². The van der Waals surface area contributed by atoms with Crippen LogP contribution in [0.4, 0.5) is 0 Å². The highest BCUT2D eigenvalue weighted by molar-refractivity contribution is 5.78. The minimum absolute atomic E-state index is 0.258. The van der Waals surface area contributed by atoms with E-state index < -0.39 is 5.60 Å². The maximum atomic E-state index is 12.5. The van der Waals surface area contributed by atoms with Gasteiger partial charge in [-0.15, -0.1) is 0 Å². The monoisotopic (exact) mass is 902 g/mol. The molecule has 0 saturated heterocycles. The molecule has 0 heterocycles.